The third kappa shape index (κ3) is 5.18. The van der Waals surface area contributed by atoms with Gasteiger partial charge in [0.1, 0.15) is 6.04 Å². The summed E-state index contributed by atoms with van der Waals surface area (Å²) in [7, 11) is 1.26. The fourth-order valence-electron chi connectivity index (χ4n) is 1.57. The summed E-state index contributed by atoms with van der Waals surface area (Å²) < 4.78 is 41.5. The van der Waals surface area contributed by atoms with Crippen LogP contribution in [0, 0.1) is 0 Å². The molecule has 0 saturated carbocycles. The van der Waals surface area contributed by atoms with Crippen LogP contribution in [-0.2, 0) is 22.3 Å². The minimum absolute atomic E-state index is 0.396. The molecular weight excluding hydrogens is 273 g/mol. The average molecular weight is 290 g/mol. The number of alkyl halides is 3. The number of rotatable bonds is 6. The maximum atomic E-state index is 12.4. The molecule has 7 heteroatoms. The maximum Gasteiger partial charge on any atom is 0.416 e. The Morgan fingerprint density at radius 1 is 1.35 bits per heavy atom. The molecule has 1 aromatic carbocycles. The Kier molecular flexibility index (Phi) is 5.97. The van der Waals surface area contributed by atoms with Crippen LogP contribution in [0.4, 0.5) is 13.2 Å². The number of hydrogen-bond donors (Lipinski definition) is 2. The van der Waals surface area contributed by atoms with Gasteiger partial charge in [0, 0.05) is 6.54 Å². The fraction of sp³-hybridized carbons (Fsp3) is 0.462. The molecule has 1 atom stereocenters. The van der Waals surface area contributed by atoms with E-state index >= 15 is 0 Å². The number of hydrogen-bond acceptors (Lipinski definition) is 4. The Hall–Kier alpha value is -1.60. The quantitative estimate of drug-likeness (QED) is 0.618. The van der Waals surface area contributed by atoms with E-state index in [1.165, 1.54) is 19.2 Å². The van der Waals surface area contributed by atoms with E-state index in [2.05, 4.69) is 10.1 Å². The summed E-state index contributed by atoms with van der Waals surface area (Å²) in [5.41, 5.74) is 5.59. The first-order valence-electron chi connectivity index (χ1n) is 6.05. The van der Waals surface area contributed by atoms with E-state index in [1.807, 2.05) is 0 Å². The lowest BCUT2D eigenvalue weighted by atomic mass is 10.1. The summed E-state index contributed by atoms with van der Waals surface area (Å²) in [6, 6.07) is 4.21. The Morgan fingerprint density at radius 3 is 2.45 bits per heavy atom. The molecule has 3 N–H and O–H groups in total. The summed E-state index contributed by atoms with van der Waals surface area (Å²) in [5.74, 6) is -0.485. The Balaban J connectivity index is 2.34. The predicted octanol–water partition coefficient (Wildman–Crippen LogP) is 1.69. The topological polar surface area (TPSA) is 64.3 Å². The Labute approximate surface area is 115 Å². The van der Waals surface area contributed by atoms with Crippen LogP contribution in [0.15, 0.2) is 24.3 Å². The van der Waals surface area contributed by atoms with E-state index in [1.54, 1.807) is 0 Å². The minimum Gasteiger partial charge on any atom is -0.468 e. The van der Waals surface area contributed by atoms with Crippen LogP contribution >= 0.6 is 0 Å². The monoisotopic (exact) mass is 290 g/mol. The van der Waals surface area contributed by atoms with Gasteiger partial charge < -0.3 is 15.8 Å². The highest BCUT2D eigenvalue weighted by atomic mass is 19.4. The van der Waals surface area contributed by atoms with Crippen LogP contribution < -0.4 is 11.1 Å². The predicted molar refractivity (Wildman–Crippen MR) is 67.8 cm³/mol. The van der Waals surface area contributed by atoms with Gasteiger partial charge in [-0.25, -0.2) is 0 Å². The first-order chi connectivity index (χ1) is 9.34. The largest absolute Gasteiger partial charge is 0.468 e. The van der Waals surface area contributed by atoms with E-state index in [-0.39, 0.29) is 0 Å². The second-order valence-electron chi connectivity index (χ2n) is 4.29. The SMILES string of the molecule is COC(=O)[C@@H](N)CCNCc1ccc(C(F)(F)F)cc1. The average Bonchev–Trinajstić information content (AvgIpc) is 2.42. The molecule has 1 rings (SSSR count). The molecule has 0 radical (unpaired) electrons. The van der Waals surface area contributed by atoms with Crippen LogP contribution in [0.3, 0.4) is 0 Å². The molecule has 4 nitrogen and oxygen atoms in total. The summed E-state index contributed by atoms with van der Waals surface area (Å²) in [5, 5.41) is 3.00. The van der Waals surface area contributed by atoms with Gasteiger partial charge in [0.05, 0.1) is 12.7 Å². The lowest BCUT2D eigenvalue weighted by Crippen LogP contribution is -2.34. The van der Waals surface area contributed by atoms with Gasteiger partial charge in [0.2, 0.25) is 0 Å². The van der Waals surface area contributed by atoms with E-state index < -0.39 is 23.8 Å². The number of carbonyl (C=O) groups is 1. The molecule has 1 aromatic rings. The van der Waals surface area contributed by atoms with Gasteiger partial charge in [-0.2, -0.15) is 13.2 Å². The van der Waals surface area contributed by atoms with Gasteiger partial charge in [0.15, 0.2) is 0 Å². The number of nitrogens with two attached hydrogens (primary N) is 1. The van der Waals surface area contributed by atoms with Gasteiger partial charge in [-0.05, 0) is 30.7 Å². The zero-order chi connectivity index (χ0) is 15.2. The van der Waals surface area contributed by atoms with Gasteiger partial charge in [-0.3, -0.25) is 4.79 Å². The van der Waals surface area contributed by atoms with Crippen molar-refractivity contribution < 1.29 is 22.7 Å². The Morgan fingerprint density at radius 2 is 1.95 bits per heavy atom. The standard InChI is InChI=1S/C13H17F3N2O2/c1-20-12(19)11(17)6-7-18-8-9-2-4-10(5-3-9)13(14,15)16/h2-5,11,18H,6-8,17H2,1H3/t11-/m0/s1. The normalized spacial score (nSPS) is 13.1. The molecule has 0 unspecified atom stereocenters. The maximum absolute atomic E-state index is 12.4. The van der Waals surface area contributed by atoms with Gasteiger partial charge >= 0.3 is 12.1 Å². The molecule has 112 valence electrons. The van der Waals surface area contributed by atoms with Gasteiger partial charge in [-0.1, -0.05) is 12.1 Å². The molecule has 0 heterocycles. The van der Waals surface area contributed by atoms with Crippen molar-refractivity contribution in [1.82, 2.24) is 5.32 Å². The van der Waals surface area contributed by atoms with Crippen LogP contribution in [0.25, 0.3) is 0 Å². The smallest absolute Gasteiger partial charge is 0.416 e. The van der Waals surface area contributed by atoms with Crippen LogP contribution in [0.2, 0.25) is 0 Å². The zero-order valence-electron chi connectivity index (χ0n) is 11.0. The van der Waals surface area contributed by atoms with Crippen LogP contribution in [0.1, 0.15) is 17.5 Å². The van der Waals surface area contributed by atoms with Gasteiger partial charge in [0.25, 0.3) is 0 Å². The fourth-order valence-corrected chi connectivity index (χ4v) is 1.57. The number of nitrogens with one attached hydrogen (secondary N) is 1. The summed E-state index contributed by atoms with van der Waals surface area (Å²) in [6.45, 7) is 0.878. The van der Waals surface area contributed by atoms with Crippen LogP contribution in [0.5, 0.6) is 0 Å². The van der Waals surface area contributed by atoms with E-state index in [0.29, 0.717) is 19.5 Å². The Bertz CT molecular complexity index is 432. The minimum atomic E-state index is -4.32. The molecule has 0 saturated heterocycles. The molecule has 0 fully saturated rings. The summed E-state index contributed by atoms with van der Waals surface area (Å²) in [6.07, 6.45) is -3.92. The summed E-state index contributed by atoms with van der Waals surface area (Å²) in [4.78, 5) is 11.0. The molecule has 0 amide bonds. The van der Waals surface area contributed by atoms with Crippen molar-refractivity contribution in [1.29, 1.82) is 0 Å². The third-order valence-corrected chi connectivity index (χ3v) is 2.75. The van der Waals surface area contributed by atoms with Crippen LogP contribution in [-0.4, -0.2) is 25.7 Å². The van der Waals surface area contributed by atoms with Crippen molar-refractivity contribution >= 4 is 5.97 Å². The first kappa shape index (κ1) is 16.5. The highest BCUT2D eigenvalue weighted by molar-refractivity contribution is 5.75. The van der Waals surface area contributed by atoms with Crippen molar-refractivity contribution in [3.05, 3.63) is 35.4 Å². The second-order valence-corrected chi connectivity index (χ2v) is 4.29. The van der Waals surface area contributed by atoms with Crippen molar-refractivity contribution in [2.45, 2.75) is 25.2 Å². The second kappa shape index (κ2) is 7.25. The van der Waals surface area contributed by atoms with E-state index in [4.69, 9.17) is 5.73 Å². The highest BCUT2D eigenvalue weighted by Crippen LogP contribution is 2.28. The van der Waals surface area contributed by atoms with E-state index in [9.17, 15) is 18.0 Å². The molecule has 0 aliphatic carbocycles. The van der Waals surface area contributed by atoms with Crippen molar-refractivity contribution in [3.63, 3.8) is 0 Å². The molecule has 20 heavy (non-hydrogen) atoms. The van der Waals surface area contributed by atoms with Crippen molar-refractivity contribution in [2.75, 3.05) is 13.7 Å². The van der Waals surface area contributed by atoms with Crippen molar-refractivity contribution in [2.24, 2.45) is 5.73 Å². The zero-order valence-corrected chi connectivity index (χ0v) is 11.0. The van der Waals surface area contributed by atoms with E-state index in [0.717, 1.165) is 17.7 Å². The number of benzene rings is 1. The molecule has 0 aliphatic rings. The number of carbonyl (C=O) groups excluding carboxylic acids is 1. The molecule has 0 spiro atoms. The molecular formula is C13H17F3N2O2. The lowest BCUT2D eigenvalue weighted by Gasteiger charge is -2.10. The molecule has 0 aliphatic heterocycles. The number of halogens is 3. The molecule has 0 bridgehead atoms. The van der Waals surface area contributed by atoms with Gasteiger partial charge in [-0.15, -0.1) is 0 Å². The molecule has 0 aromatic heterocycles. The summed E-state index contributed by atoms with van der Waals surface area (Å²) >= 11 is 0. The lowest BCUT2D eigenvalue weighted by molar-refractivity contribution is -0.142. The van der Waals surface area contributed by atoms with Crippen molar-refractivity contribution in [3.8, 4) is 0 Å². The first-order valence-corrected chi connectivity index (χ1v) is 6.05. The highest BCUT2D eigenvalue weighted by Gasteiger charge is 2.29. The number of esters is 1. The third-order valence-electron chi connectivity index (χ3n) is 2.75. The number of methoxy groups -OCH3 is 1. The number of ether oxygens (including phenoxy) is 1.